The van der Waals surface area contributed by atoms with Crippen LogP contribution in [0, 0.1) is 5.82 Å². The highest BCUT2D eigenvalue weighted by atomic mass is 32.1. The van der Waals surface area contributed by atoms with Gasteiger partial charge >= 0.3 is 0 Å². The third-order valence-electron chi connectivity index (χ3n) is 3.34. The third kappa shape index (κ3) is 4.53. The molecule has 0 saturated heterocycles. The summed E-state index contributed by atoms with van der Waals surface area (Å²) in [6, 6.07) is 14.6. The molecule has 2 rings (SSSR count). The normalized spacial score (nSPS) is 11.8. The lowest BCUT2D eigenvalue weighted by atomic mass is 10.1. The molecule has 0 spiro atoms. The first-order valence-corrected chi connectivity index (χ1v) is 7.41. The molecule has 2 nitrogen and oxygen atoms in total. The summed E-state index contributed by atoms with van der Waals surface area (Å²) in [6.07, 6.45) is 1.02. The van der Waals surface area contributed by atoms with E-state index in [2.05, 4.69) is 29.7 Å². The van der Waals surface area contributed by atoms with Gasteiger partial charge in [0.25, 0.3) is 0 Å². The van der Waals surface area contributed by atoms with Crippen molar-refractivity contribution < 1.29 is 4.39 Å². The van der Waals surface area contributed by atoms with Gasteiger partial charge in [-0.2, -0.15) is 0 Å². The Morgan fingerprint density at radius 1 is 1.10 bits per heavy atom. The van der Waals surface area contributed by atoms with E-state index in [1.807, 2.05) is 19.1 Å². The van der Waals surface area contributed by atoms with E-state index in [4.69, 9.17) is 12.2 Å². The van der Waals surface area contributed by atoms with Crippen LogP contribution < -0.4 is 10.6 Å². The molecular weight excluding hydrogens is 283 g/mol. The van der Waals surface area contributed by atoms with Crippen molar-refractivity contribution in [2.45, 2.75) is 26.3 Å². The standard InChI is InChI=1S/C17H19FN2S/c1-3-13-4-10-16(11-5-13)20-17(21)19-12(2)14-6-8-15(18)9-7-14/h4-12H,3H2,1-2H3,(H2,19,20,21)/t12-/m1/s1. The first-order chi connectivity index (χ1) is 10.1. The van der Waals surface area contributed by atoms with Crippen molar-refractivity contribution in [2.24, 2.45) is 0 Å². The van der Waals surface area contributed by atoms with Crippen LogP contribution in [-0.4, -0.2) is 5.11 Å². The van der Waals surface area contributed by atoms with Crippen LogP contribution in [0.15, 0.2) is 48.5 Å². The molecule has 0 amide bonds. The minimum absolute atomic E-state index is 0.0144. The maximum atomic E-state index is 12.9. The second kappa shape index (κ2) is 7.18. The Morgan fingerprint density at radius 2 is 1.71 bits per heavy atom. The van der Waals surface area contributed by atoms with E-state index in [1.165, 1.54) is 17.7 Å². The van der Waals surface area contributed by atoms with Crippen molar-refractivity contribution in [2.75, 3.05) is 5.32 Å². The van der Waals surface area contributed by atoms with Crippen molar-refractivity contribution in [3.05, 3.63) is 65.5 Å². The summed E-state index contributed by atoms with van der Waals surface area (Å²) in [6.45, 7) is 4.11. The zero-order valence-electron chi connectivity index (χ0n) is 12.2. The summed E-state index contributed by atoms with van der Waals surface area (Å²) in [5, 5.41) is 6.89. The number of hydrogen-bond donors (Lipinski definition) is 2. The molecule has 110 valence electrons. The summed E-state index contributed by atoms with van der Waals surface area (Å²) in [5.41, 5.74) is 3.23. The molecule has 0 aliphatic heterocycles. The monoisotopic (exact) mass is 302 g/mol. The molecule has 2 aromatic rings. The maximum absolute atomic E-state index is 12.9. The molecular formula is C17H19FN2S. The number of benzene rings is 2. The van der Waals surface area contributed by atoms with Gasteiger partial charge in [-0.15, -0.1) is 0 Å². The molecule has 2 aromatic carbocycles. The highest BCUT2D eigenvalue weighted by Crippen LogP contribution is 2.14. The third-order valence-corrected chi connectivity index (χ3v) is 3.56. The first kappa shape index (κ1) is 15.4. The molecule has 4 heteroatoms. The lowest BCUT2D eigenvalue weighted by Crippen LogP contribution is -2.30. The molecule has 0 aromatic heterocycles. The Balaban J connectivity index is 1.92. The number of halogens is 1. The van der Waals surface area contributed by atoms with E-state index in [9.17, 15) is 4.39 Å². The minimum Gasteiger partial charge on any atom is -0.356 e. The van der Waals surface area contributed by atoms with Gasteiger partial charge in [0.15, 0.2) is 5.11 Å². The molecule has 2 N–H and O–H groups in total. The quantitative estimate of drug-likeness (QED) is 0.817. The van der Waals surface area contributed by atoms with E-state index in [0.29, 0.717) is 5.11 Å². The molecule has 0 saturated carbocycles. The fraction of sp³-hybridized carbons (Fsp3) is 0.235. The lowest BCUT2D eigenvalue weighted by molar-refractivity contribution is 0.624. The fourth-order valence-electron chi connectivity index (χ4n) is 2.02. The second-order valence-corrected chi connectivity index (χ2v) is 5.33. The molecule has 0 aliphatic carbocycles. The van der Waals surface area contributed by atoms with Crippen molar-refractivity contribution >= 4 is 23.0 Å². The summed E-state index contributed by atoms with van der Waals surface area (Å²) < 4.78 is 12.9. The number of thiocarbonyl (C=S) groups is 1. The number of nitrogens with one attached hydrogen (secondary N) is 2. The van der Waals surface area contributed by atoms with Gasteiger partial charge in [0.2, 0.25) is 0 Å². The molecule has 0 bridgehead atoms. The fourth-order valence-corrected chi connectivity index (χ4v) is 2.32. The second-order valence-electron chi connectivity index (χ2n) is 4.92. The molecule has 21 heavy (non-hydrogen) atoms. The predicted octanol–water partition coefficient (Wildman–Crippen LogP) is 4.44. The maximum Gasteiger partial charge on any atom is 0.171 e. The van der Waals surface area contributed by atoms with Gasteiger partial charge < -0.3 is 10.6 Å². The van der Waals surface area contributed by atoms with E-state index in [1.54, 1.807) is 12.1 Å². The highest BCUT2D eigenvalue weighted by molar-refractivity contribution is 7.80. The Hall–Kier alpha value is -1.94. The zero-order chi connectivity index (χ0) is 15.2. The Kier molecular flexibility index (Phi) is 5.28. The molecule has 0 fully saturated rings. The topological polar surface area (TPSA) is 24.1 Å². The first-order valence-electron chi connectivity index (χ1n) is 7.00. The van der Waals surface area contributed by atoms with Crippen LogP contribution >= 0.6 is 12.2 Å². The van der Waals surface area contributed by atoms with Crippen molar-refractivity contribution in [3.8, 4) is 0 Å². The highest BCUT2D eigenvalue weighted by Gasteiger charge is 2.07. The Morgan fingerprint density at radius 3 is 2.29 bits per heavy atom. The van der Waals surface area contributed by atoms with Crippen LogP contribution in [0.1, 0.15) is 31.0 Å². The predicted molar refractivity (Wildman–Crippen MR) is 90.0 cm³/mol. The van der Waals surface area contributed by atoms with Gasteiger partial charge in [-0.25, -0.2) is 4.39 Å². The molecule has 0 unspecified atom stereocenters. The minimum atomic E-state index is -0.234. The SMILES string of the molecule is CCc1ccc(NC(=S)N[C@H](C)c2ccc(F)cc2)cc1. The van der Waals surface area contributed by atoms with Gasteiger partial charge in [0.05, 0.1) is 6.04 Å². The zero-order valence-corrected chi connectivity index (χ0v) is 13.0. The smallest absolute Gasteiger partial charge is 0.171 e. The van der Waals surface area contributed by atoms with Crippen molar-refractivity contribution in [1.29, 1.82) is 0 Å². The number of rotatable bonds is 4. The van der Waals surface area contributed by atoms with Gasteiger partial charge in [0, 0.05) is 5.69 Å². The average molecular weight is 302 g/mol. The van der Waals surface area contributed by atoms with E-state index in [-0.39, 0.29) is 11.9 Å². The average Bonchev–Trinajstić information content (AvgIpc) is 2.48. The molecule has 0 heterocycles. The largest absolute Gasteiger partial charge is 0.356 e. The lowest BCUT2D eigenvalue weighted by Gasteiger charge is -2.17. The molecule has 1 atom stereocenters. The van der Waals surface area contributed by atoms with Crippen LogP contribution in [0.4, 0.5) is 10.1 Å². The summed E-state index contributed by atoms with van der Waals surface area (Å²) in [5.74, 6) is -0.234. The van der Waals surface area contributed by atoms with Gasteiger partial charge in [-0.3, -0.25) is 0 Å². The van der Waals surface area contributed by atoms with Crippen molar-refractivity contribution in [3.63, 3.8) is 0 Å². The number of aryl methyl sites for hydroxylation is 1. The van der Waals surface area contributed by atoms with Crippen LogP contribution in [-0.2, 0) is 6.42 Å². The van der Waals surface area contributed by atoms with Crippen molar-refractivity contribution in [1.82, 2.24) is 5.32 Å². The van der Waals surface area contributed by atoms with Gasteiger partial charge in [0.1, 0.15) is 5.82 Å². The number of anilines is 1. The number of hydrogen-bond acceptors (Lipinski definition) is 1. The van der Waals surface area contributed by atoms with Crippen LogP contribution in [0.2, 0.25) is 0 Å². The van der Waals surface area contributed by atoms with Crippen LogP contribution in [0.5, 0.6) is 0 Å². The van der Waals surface area contributed by atoms with E-state index >= 15 is 0 Å². The van der Waals surface area contributed by atoms with Crippen LogP contribution in [0.25, 0.3) is 0 Å². The Bertz CT molecular complexity index is 593. The molecule has 0 radical (unpaired) electrons. The van der Waals surface area contributed by atoms with Gasteiger partial charge in [-0.05, 0) is 61.0 Å². The molecule has 0 aliphatic rings. The van der Waals surface area contributed by atoms with E-state index in [0.717, 1.165) is 17.7 Å². The summed E-state index contributed by atoms with van der Waals surface area (Å²) in [7, 11) is 0. The van der Waals surface area contributed by atoms with Gasteiger partial charge in [-0.1, -0.05) is 31.2 Å². The Labute approximate surface area is 130 Å². The summed E-state index contributed by atoms with van der Waals surface area (Å²) >= 11 is 5.30. The van der Waals surface area contributed by atoms with E-state index < -0.39 is 0 Å². The summed E-state index contributed by atoms with van der Waals surface area (Å²) in [4.78, 5) is 0. The van der Waals surface area contributed by atoms with Crippen LogP contribution in [0.3, 0.4) is 0 Å².